The molecule has 0 N–H and O–H groups in total. The van der Waals surface area contributed by atoms with Gasteiger partial charge in [0.25, 0.3) is 0 Å². The Morgan fingerprint density at radius 2 is 0.757 bits per heavy atom. The highest BCUT2D eigenvalue weighted by Gasteiger charge is 2.48. The number of hydrogen-bond donors (Lipinski definition) is 0. The molecule has 0 unspecified atom stereocenters. The minimum Gasteiger partial charge on any atom is -0.344 e. The Morgan fingerprint density at radius 3 is 1.00 bits per heavy atom. The van der Waals surface area contributed by atoms with E-state index in [-0.39, 0.29) is 12.3 Å². The predicted octanol–water partition coefficient (Wildman–Crippen LogP) is 5.53. The second-order valence-electron chi connectivity index (χ2n) is 9.90. The highest BCUT2D eigenvalue weighted by atomic mass is 31.2. The van der Waals surface area contributed by atoms with E-state index in [9.17, 15) is 9.13 Å². The molecule has 1 heterocycles. The molecule has 6 heteroatoms. The summed E-state index contributed by atoms with van der Waals surface area (Å²) in [4.78, 5) is 0. The molecule has 0 aromatic heterocycles. The van der Waals surface area contributed by atoms with Gasteiger partial charge in [0.15, 0.2) is 5.79 Å². The lowest BCUT2D eigenvalue weighted by atomic mass is 10.3. The second kappa shape index (κ2) is 10.6. The third-order valence-corrected chi connectivity index (χ3v) is 13.1. The van der Waals surface area contributed by atoms with Gasteiger partial charge in [-0.25, -0.2) is 0 Å². The predicted molar refractivity (Wildman–Crippen MR) is 153 cm³/mol. The number of hydrogen-bond acceptors (Lipinski definition) is 4. The van der Waals surface area contributed by atoms with Crippen LogP contribution in [0.4, 0.5) is 0 Å². The van der Waals surface area contributed by atoms with E-state index in [0.717, 1.165) is 21.2 Å². The summed E-state index contributed by atoms with van der Waals surface area (Å²) in [6, 6.07) is 38.4. The Kier molecular flexibility index (Phi) is 7.39. The van der Waals surface area contributed by atoms with Crippen molar-refractivity contribution in [2.24, 2.45) is 0 Å². The Bertz CT molecular complexity index is 1210. The maximum atomic E-state index is 14.8. The number of ether oxygens (including phenoxy) is 2. The maximum Gasteiger partial charge on any atom is 0.163 e. The summed E-state index contributed by atoms with van der Waals surface area (Å²) in [6.45, 7) is 3.73. The molecule has 1 aliphatic heterocycles. The normalized spacial score (nSPS) is 19.5. The molecular weight excluding hydrogens is 498 g/mol. The molecule has 37 heavy (non-hydrogen) atoms. The van der Waals surface area contributed by atoms with E-state index in [4.69, 9.17) is 9.47 Å². The second-order valence-corrected chi connectivity index (χ2v) is 15.7. The molecule has 5 rings (SSSR count). The standard InChI is InChI=1S/C31H32O4P2/c1-31(2)34-29(23-36(32,25-15-7-3-8-16-25)26-17-9-4-10-18-26)30(35-31)24-37(33,27-19-11-5-12-20-27)28-21-13-6-14-22-28/h3-22,29-30H,23-24H2,1-2H3/t29-,30+. The lowest BCUT2D eigenvalue weighted by molar-refractivity contribution is -0.142. The van der Waals surface area contributed by atoms with Crippen molar-refractivity contribution >= 4 is 35.5 Å². The summed E-state index contributed by atoms with van der Waals surface area (Å²) in [5, 5.41) is 3.12. The van der Waals surface area contributed by atoms with Gasteiger partial charge in [-0.05, 0) is 13.8 Å². The van der Waals surface area contributed by atoms with E-state index in [1.54, 1.807) is 0 Å². The molecule has 0 saturated carbocycles. The van der Waals surface area contributed by atoms with E-state index in [2.05, 4.69) is 0 Å². The SMILES string of the molecule is CC1(C)O[C@@H](CP(=O)(c2ccccc2)c2ccccc2)[C@@H](CP(=O)(c2ccccc2)c2ccccc2)O1. The van der Waals surface area contributed by atoms with Crippen molar-refractivity contribution in [2.75, 3.05) is 12.3 Å². The monoisotopic (exact) mass is 530 g/mol. The van der Waals surface area contributed by atoms with Crippen molar-refractivity contribution in [1.29, 1.82) is 0 Å². The van der Waals surface area contributed by atoms with Crippen molar-refractivity contribution < 1.29 is 18.6 Å². The Hall–Kier alpha value is -2.74. The number of benzene rings is 4. The van der Waals surface area contributed by atoms with Gasteiger partial charge in [-0.1, -0.05) is 121 Å². The molecule has 1 saturated heterocycles. The molecule has 4 aromatic rings. The first-order valence-electron chi connectivity index (χ1n) is 12.6. The van der Waals surface area contributed by atoms with Crippen LogP contribution in [-0.4, -0.2) is 30.3 Å². The van der Waals surface area contributed by atoms with Gasteiger partial charge in [0, 0.05) is 33.5 Å². The van der Waals surface area contributed by atoms with Crippen LogP contribution < -0.4 is 21.2 Å². The van der Waals surface area contributed by atoms with Gasteiger partial charge in [-0.2, -0.15) is 0 Å². The van der Waals surface area contributed by atoms with Gasteiger partial charge in [0.05, 0.1) is 12.2 Å². The molecule has 190 valence electrons. The van der Waals surface area contributed by atoms with E-state index in [0.29, 0.717) is 0 Å². The van der Waals surface area contributed by atoms with Crippen LogP contribution in [0.5, 0.6) is 0 Å². The van der Waals surface area contributed by atoms with E-state index in [1.165, 1.54) is 0 Å². The summed E-state index contributed by atoms with van der Waals surface area (Å²) < 4.78 is 42.5. The van der Waals surface area contributed by atoms with Gasteiger partial charge < -0.3 is 18.6 Å². The zero-order valence-electron chi connectivity index (χ0n) is 21.1. The van der Waals surface area contributed by atoms with E-state index < -0.39 is 32.3 Å². The molecule has 4 aromatic carbocycles. The molecule has 0 spiro atoms. The fourth-order valence-electron chi connectivity index (χ4n) is 5.12. The quantitative estimate of drug-likeness (QED) is 0.281. The first kappa shape index (κ1) is 25.9. The van der Waals surface area contributed by atoms with E-state index >= 15 is 0 Å². The Balaban J connectivity index is 1.55. The third kappa shape index (κ3) is 5.44. The van der Waals surface area contributed by atoms with Crippen LogP contribution in [0.2, 0.25) is 0 Å². The highest BCUT2D eigenvalue weighted by molar-refractivity contribution is 7.79. The fourth-order valence-corrected chi connectivity index (χ4v) is 10.8. The molecule has 0 aliphatic carbocycles. The third-order valence-electron chi connectivity index (χ3n) is 6.85. The Morgan fingerprint density at radius 1 is 0.514 bits per heavy atom. The molecule has 4 nitrogen and oxygen atoms in total. The molecule has 0 amide bonds. The van der Waals surface area contributed by atoms with Crippen LogP contribution in [0.25, 0.3) is 0 Å². The molecule has 1 aliphatic rings. The summed E-state index contributed by atoms with van der Waals surface area (Å²) in [5.74, 6) is -0.883. The molecule has 2 atom stereocenters. The van der Waals surface area contributed by atoms with Crippen molar-refractivity contribution in [1.82, 2.24) is 0 Å². The summed E-state index contributed by atoms with van der Waals surface area (Å²) in [5.41, 5.74) is 0. The fraction of sp³-hybridized carbons (Fsp3) is 0.226. The van der Waals surface area contributed by atoms with Crippen molar-refractivity contribution in [2.45, 2.75) is 31.8 Å². The van der Waals surface area contributed by atoms with Gasteiger partial charge in [-0.15, -0.1) is 0 Å². The lowest BCUT2D eigenvalue weighted by Gasteiger charge is -2.27. The van der Waals surface area contributed by atoms with Gasteiger partial charge in [0.1, 0.15) is 14.3 Å². The van der Waals surface area contributed by atoms with Crippen LogP contribution >= 0.6 is 14.3 Å². The van der Waals surface area contributed by atoms with Crippen molar-refractivity contribution in [3.63, 3.8) is 0 Å². The van der Waals surface area contributed by atoms with E-state index in [1.807, 2.05) is 135 Å². The topological polar surface area (TPSA) is 52.6 Å². The molecule has 0 bridgehead atoms. The lowest BCUT2D eigenvalue weighted by Crippen LogP contribution is -2.36. The van der Waals surface area contributed by atoms with Crippen molar-refractivity contribution in [3.8, 4) is 0 Å². The average Bonchev–Trinajstić information content (AvgIpc) is 3.22. The largest absolute Gasteiger partial charge is 0.344 e. The minimum absolute atomic E-state index is 0.263. The summed E-state index contributed by atoms with van der Waals surface area (Å²) in [6.07, 6.45) is -0.471. The first-order chi connectivity index (χ1) is 17.8. The highest BCUT2D eigenvalue weighted by Crippen LogP contribution is 2.51. The summed E-state index contributed by atoms with van der Waals surface area (Å²) >= 11 is 0. The smallest absolute Gasteiger partial charge is 0.163 e. The molecule has 0 radical (unpaired) electrons. The van der Waals surface area contributed by atoms with Crippen LogP contribution in [0.15, 0.2) is 121 Å². The Labute approximate surface area is 219 Å². The maximum absolute atomic E-state index is 14.8. The van der Waals surface area contributed by atoms with Gasteiger partial charge in [0.2, 0.25) is 0 Å². The molecular formula is C31H32O4P2. The van der Waals surface area contributed by atoms with Crippen molar-refractivity contribution in [3.05, 3.63) is 121 Å². The van der Waals surface area contributed by atoms with Gasteiger partial charge >= 0.3 is 0 Å². The first-order valence-corrected chi connectivity index (χ1v) is 16.3. The average molecular weight is 531 g/mol. The molecule has 1 fully saturated rings. The minimum atomic E-state index is -3.07. The van der Waals surface area contributed by atoms with Crippen LogP contribution in [0, 0.1) is 0 Å². The van der Waals surface area contributed by atoms with Crippen LogP contribution in [-0.2, 0) is 18.6 Å². The zero-order valence-corrected chi connectivity index (χ0v) is 22.9. The number of rotatable bonds is 8. The zero-order chi connectivity index (χ0) is 25.9. The van der Waals surface area contributed by atoms with Crippen LogP contribution in [0.3, 0.4) is 0 Å². The van der Waals surface area contributed by atoms with Crippen LogP contribution in [0.1, 0.15) is 13.8 Å². The van der Waals surface area contributed by atoms with Gasteiger partial charge in [-0.3, -0.25) is 0 Å². The summed E-state index contributed by atoms with van der Waals surface area (Å²) in [7, 11) is -6.14.